The van der Waals surface area contributed by atoms with Gasteiger partial charge in [0.25, 0.3) is 0 Å². The number of anilines is 1. The minimum Gasteiger partial charge on any atom is -0.386 e. The van der Waals surface area contributed by atoms with Crippen molar-refractivity contribution in [3.63, 3.8) is 0 Å². The molecule has 1 aromatic carbocycles. The number of nitrogens with one attached hydrogen (secondary N) is 2. The topological polar surface area (TPSA) is 78.4 Å². The molecule has 5 nitrogen and oxygen atoms in total. The fourth-order valence-corrected chi connectivity index (χ4v) is 2.54. The van der Waals surface area contributed by atoms with Crippen LogP contribution in [0.25, 0.3) is 0 Å². The number of benzene rings is 1. The van der Waals surface area contributed by atoms with Crippen LogP contribution in [0, 0.1) is 0 Å². The zero-order valence-electron chi connectivity index (χ0n) is 11.7. The molecule has 22 heavy (non-hydrogen) atoms. The van der Waals surface area contributed by atoms with E-state index in [0.717, 1.165) is 0 Å². The summed E-state index contributed by atoms with van der Waals surface area (Å²) in [6.07, 6.45) is -0.935. The third-order valence-electron chi connectivity index (χ3n) is 3.03. The van der Waals surface area contributed by atoms with Crippen molar-refractivity contribution in [1.82, 2.24) is 5.32 Å². The highest BCUT2D eigenvalue weighted by atomic mass is 35.5. The summed E-state index contributed by atoms with van der Waals surface area (Å²) < 4.78 is 0. The summed E-state index contributed by atoms with van der Waals surface area (Å²) in [6, 6.07) is 7.71. The number of amides is 2. The van der Waals surface area contributed by atoms with E-state index in [9.17, 15) is 14.7 Å². The van der Waals surface area contributed by atoms with Gasteiger partial charge in [-0.25, -0.2) is 0 Å². The standard InChI is InChI=1S/C15H15ClN2O3S/c1-9(13(19)10-2-4-11(16)5-3-10)17-14(20)15(21)18-12-6-7-22-8-12/h2-9,13,19H,1H3,(H,17,20)(H,18,21). The minimum atomic E-state index is -0.935. The molecule has 0 aliphatic rings. The first-order valence-electron chi connectivity index (χ1n) is 6.55. The van der Waals surface area contributed by atoms with E-state index in [2.05, 4.69) is 10.6 Å². The number of thiophene rings is 1. The molecule has 2 unspecified atom stereocenters. The van der Waals surface area contributed by atoms with Crippen molar-refractivity contribution in [3.8, 4) is 0 Å². The van der Waals surface area contributed by atoms with Crippen molar-refractivity contribution in [3.05, 3.63) is 51.7 Å². The van der Waals surface area contributed by atoms with Gasteiger partial charge < -0.3 is 15.7 Å². The molecule has 2 rings (SSSR count). The smallest absolute Gasteiger partial charge is 0.313 e. The molecule has 0 saturated carbocycles. The molecule has 2 atom stereocenters. The molecule has 0 fully saturated rings. The minimum absolute atomic E-state index is 0.558. The lowest BCUT2D eigenvalue weighted by Gasteiger charge is -2.20. The number of aliphatic hydroxyl groups excluding tert-OH is 1. The Kier molecular flexibility index (Phi) is 5.54. The third kappa shape index (κ3) is 4.30. The van der Waals surface area contributed by atoms with Gasteiger partial charge in [-0.1, -0.05) is 23.7 Å². The summed E-state index contributed by atoms with van der Waals surface area (Å²) in [5, 5.41) is 19.2. The van der Waals surface area contributed by atoms with Gasteiger partial charge in [-0.2, -0.15) is 11.3 Å². The monoisotopic (exact) mass is 338 g/mol. The molecular formula is C15H15ClN2O3S. The quantitative estimate of drug-likeness (QED) is 0.750. The van der Waals surface area contributed by atoms with E-state index in [1.807, 2.05) is 0 Å². The molecule has 2 aromatic rings. The lowest BCUT2D eigenvalue weighted by molar-refractivity contribution is -0.137. The fraction of sp³-hybridized carbons (Fsp3) is 0.200. The van der Waals surface area contributed by atoms with Gasteiger partial charge >= 0.3 is 11.8 Å². The summed E-state index contributed by atoms with van der Waals surface area (Å²) in [4.78, 5) is 23.5. The van der Waals surface area contributed by atoms with Gasteiger partial charge in [-0.3, -0.25) is 9.59 Å². The van der Waals surface area contributed by atoms with Gasteiger partial charge in [0.15, 0.2) is 0 Å². The Balaban J connectivity index is 1.92. The SMILES string of the molecule is CC(NC(=O)C(=O)Nc1ccsc1)C(O)c1ccc(Cl)cc1. The molecule has 1 heterocycles. The van der Waals surface area contributed by atoms with Crippen molar-refractivity contribution in [2.45, 2.75) is 19.1 Å². The van der Waals surface area contributed by atoms with Crippen LogP contribution in [0.3, 0.4) is 0 Å². The highest BCUT2D eigenvalue weighted by Gasteiger charge is 2.22. The number of rotatable bonds is 4. The predicted octanol–water partition coefficient (Wildman–Crippen LogP) is 2.58. The van der Waals surface area contributed by atoms with Crippen LogP contribution in [0.1, 0.15) is 18.6 Å². The highest BCUT2D eigenvalue weighted by Crippen LogP contribution is 2.19. The van der Waals surface area contributed by atoms with E-state index in [1.165, 1.54) is 11.3 Å². The molecule has 0 radical (unpaired) electrons. The normalized spacial score (nSPS) is 13.2. The Hall–Kier alpha value is -1.89. The van der Waals surface area contributed by atoms with Crippen molar-refractivity contribution >= 4 is 40.4 Å². The van der Waals surface area contributed by atoms with E-state index in [-0.39, 0.29) is 0 Å². The summed E-state index contributed by atoms with van der Waals surface area (Å²) in [7, 11) is 0. The first kappa shape index (κ1) is 16.5. The maximum Gasteiger partial charge on any atom is 0.313 e. The number of carbonyl (C=O) groups excluding carboxylic acids is 2. The maximum atomic E-state index is 11.8. The molecule has 2 amide bonds. The van der Waals surface area contributed by atoms with Gasteiger partial charge in [-0.05, 0) is 36.1 Å². The number of aliphatic hydroxyl groups is 1. The van der Waals surface area contributed by atoms with Crippen LogP contribution in [0.2, 0.25) is 5.02 Å². The first-order valence-corrected chi connectivity index (χ1v) is 7.87. The number of hydrogen-bond donors (Lipinski definition) is 3. The Morgan fingerprint density at radius 1 is 1.18 bits per heavy atom. The molecule has 7 heteroatoms. The lowest BCUT2D eigenvalue weighted by atomic mass is 10.0. The van der Waals surface area contributed by atoms with Crippen LogP contribution >= 0.6 is 22.9 Å². The molecule has 0 saturated heterocycles. The summed E-state index contributed by atoms with van der Waals surface area (Å²) in [6.45, 7) is 1.62. The molecule has 0 aliphatic carbocycles. The van der Waals surface area contributed by atoms with Crippen molar-refractivity contribution in [2.75, 3.05) is 5.32 Å². The van der Waals surface area contributed by atoms with Gasteiger partial charge in [-0.15, -0.1) is 0 Å². The fourth-order valence-electron chi connectivity index (χ4n) is 1.82. The van der Waals surface area contributed by atoms with Gasteiger partial charge in [0.2, 0.25) is 0 Å². The average Bonchev–Trinajstić information content (AvgIpc) is 3.00. The van der Waals surface area contributed by atoms with Gasteiger partial charge in [0.1, 0.15) is 0 Å². The zero-order chi connectivity index (χ0) is 16.1. The summed E-state index contributed by atoms with van der Waals surface area (Å²) in [5.74, 6) is -1.57. The molecular weight excluding hydrogens is 324 g/mol. The lowest BCUT2D eigenvalue weighted by Crippen LogP contribution is -2.43. The van der Waals surface area contributed by atoms with Crippen molar-refractivity contribution in [2.24, 2.45) is 0 Å². The number of hydrogen-bond acceptors (Lipinski definition) is 4. The summed E-state index contributed by atoms with van der Waals surface area (Å²) in [5.41, 5.74) is 1.17. The Morgan fingerprint density at radius 3 is 2.45 bits per heavy atom. The second-order valence-electron chi connectivity index (χ2n) is 4.72. The Bertz CT molecular complexity index is 643. The third-order valence-corrected chi connectivity index (χ3v) is 3.96. The van der Waals surface area contributed by atoms with Crippen molar-refractivity contribution < 1.29 is 14.7 Å². The predicted molar refractivity (Wildman–Crippen MR) is 87.0 cm³/mol. The Morgan fingerprint density at radius 2 is 1.86 bits per heavy atom. The van der Waals surface area contributed by atoms with E-state index in [0.29, 0.717) is 16.3 Å². The number of halogens is 1. The van der Waals surface area contributed by atoms with Gasteiger partial charge in [0.05, 0.1) is 17.8 Å². The molecule has 116 valence electrons. The Labute approximate surface area is 136 Å². The summed E-state index contributed by atoms with van der Waals surface area (Å²) >= 11 is 7.20. The zero-order valence-corrected chi connectivity index (χ0v) is 13.3. The van der Waals surface area contributed by atoms with Crippen LogP contribution in [0.4, 0.5) is 5.69 Å². The van der Waals surface area contributed by atoms with E-state index in [4.69, 9.17) is 11.6 Å². The van der Waals surface area contributed by atoms with Crippen LogP contribution in [-0.4, -0.2) is 23.0 Å². The highest BCUT2D eigenvalue weighted by molar-refractivity contribution is 7.08. The molecule has 0 spiro atoms. The van der Waals surface area contributed by atoms with E-state index < -0.39 is 24.0 Å². The second kappa shape index (κ2) is 7.40. The van der Waals surface area contributed by atoms with Crippen LogP contribution in [0.15, 0.2) is 41.1 Å². The molecule has 3 N–H and O–H groups in total. The van der Waals surface area contributed by atoms with Crippen molar-refractivity contribution in [1.29, 1.82) is 0 Å². The van der Waals surface area contributed by atoms with Crippen LogP contribution in [0.5, 0.6) is 0 Å². The van der Waals surface area contributed by atoms with Crippen LogP contribution in [-0.2, 0) is 9.59 Å². The largest absolute Gasteiger partial charge is 0.386 e. The second-order valence-corrected chi connectivity index (χ2v) is 5.94. The first-order chi connectivity index (χ1) is 10.5. The van der Waals surface area contributed by atoms with E-state index in [1.54, 1.807) is 48.0 Å². The maximum absolute atomic E-state index is 11.8. The van der Waals surface area contributed by atoms with Gasteiger partial charge in [0, 0.05) is 10.4 Å². The number of carbonyl (C=O) groups is 2. The average molecular weight is 339 g/mol. The van der Waals surface area contributed by atoms with Crippen LogP contribution < -0.4 is 10.6 Å². The molecule has 0 bridgehead atoms. The van der Waals surface area contributed by atoms with E-state index >= 15 is 0 Å². The molecule has 1 aromatic heterocycles. The molecule has 0 aliphatic heterocycles.